The fourth-order valence-electron chi connectivity index (χ4n) is 3.07. The first-order valence-electron chi connectivity index (χ1n) is 8.03. The smallest absolute Gasteiger partial charge is 0.162 e. The van der Waals surface area contributed by atoms with Gasteiger partial charge in [0.15, 0.2) is 11.5 Å². The minimum absolute atomic E-state index is 0.456. The van der Waals surface area contributed by atoms with E-state index in [9.17, 15) is 5.26 Å². The van der Waals surface area contributed by atoms with Crippen molar-refractivity contribution >= 4 is 33.2 Å². The molecule has 0 saturated carbocycles. The summed E-state index contributed by atoms with van der Waals surface area (Å²) in [7, 11) is 3.16. The average Bonchev–Trinajstić information content (AvgIpc) is 3.17. The van der Waals surface area contributed by atoms with Crippen LogP contribution >= 0.6 is 0 Å². The first-order chi connectivity index (χ1) is 12.7. The molecule has 0 aliphatic rings. The summed E-state index contributed by atoms with van der Waals surface area (Å²) in [6.07, 6.45) is 3.45. The summed E-state index contributed by atoms with van der Waals surface area (Å²) >= 11 is 0. The van der Waals surface area contributed by atoms with Gasteiger partial charge in [0.05, 0.1) is 31.0 Å². The summed E-state index contributed by atoms with van der Waals surface area (Å²) < 4.78 is 10.8. The van der Waals surface area contributed by atoms with E-state index < -0.39 is 0 Å². The van der Waals surface area contributed by atoms with Crippen LogP contribution in [0.3, 0.4) is 0 Å². The highest BCUT2D eigenvalue weighted by Crippen LogP contribution is 2.37. The van der Waals surface area contributed by atoms with E-state index in [0.717, 1.165) is 22.0 Å². The van der Waals surface area contributed by atoms with Crippen LogP contribution in [0, 0.1) is 11.3 Å². The number of fused-ring (bicyclic) bond motifs is 2. The molecule has 0 bridgehead atoms. The molecule has 4 aromatic rings. The van der Waals surface area contributed by atoms with Gasteiger partial charge >= 0.3 is 0 Å². The number of H-pyrrole nitrogens is 1. The van der Waals surface area contributed by atoms with Gasteiger partial charge in [-0.05, 0) is 24.3 Å². The monoisotopic (exact) mass is 344 g/mol. The lowest BCUT2D eigenvalue weighted by Gasteiger charge is -2.15. The number of hydrogen-bond acceptors (Lipinski definition) is 5. The van der Waals surface area contributed by atoms with E-state index >= 15 is 0 Å². The SMILES string of the molecule is COc1cc2ncc(C#N)c(Nc3cccc4[nH]ccc34)c2cc1OC. The lowest BCUT2D eigenvalue weighted by atomic mass is 10.1. The molecule has 2 aromatic carbocycles. The van der Waals surface area contributed by atoms with Gasteiger partial charge in [-0.2, -0.15) is 5.26 Å². The van der Waals surface area contributed by atoms with E-state index in [2.05, 4.69) is 21.4 Å². The van der Waals surface area contributed by atoms with Gasteiger partial charge in [-0.25, -0.2) is 0 Å². The minimum Gasteiger partial charge on any atom is -0.493 e. The van der Waals surface area contributed by atoms with Crippen LogP contribution in [0.5, 0.6) is 11.5 Å². The molecule has 2 aromatic heterocycles. The Labute approximate surface area is 150 Å². The molecule has 0 unspecified atom stereocenters. The van der Waals surface area contributed by atoms with Crippen LogP contribution in [-0.4, -0.2) is 24.2 Å². The Balaban J connectivity index is 1.95. The van der Waals surface area contributed by atoms with Crippen molar-refractivity contribution in [1.29, 1.82) is 5.26 Å². The van der Waals surface area contributed by atoms with E-state index in [1.165, 1.54) is 0 Å². The number of methoxy groups -OCH3 is 2. The number of aromatic nitrogens is 2. The number of hydrogen-bond donors (Lipinski definition) is 2. The topological polar surface area (TPSA) is 83.0 Å². The highest BCUT2D eigenvalue weighted by atomic mass is 16.5. The largest absolute Gasteiger partial charge is 0.493 e. The summed E-state index contributed by atoms with van der Waals surface area (Å²) in [5.74, 6) is 1.18. The highest BCUT2D eigenvalue weighted by Gasteiger charge is 2.15. The van der Waals surface area contributed by atoms with Crippen LogP contribution in [0.25, 0.3) is 21.8 Å². The Morgan fingerprint density at radius 1 is 1.08 bits per heavy atom. The lowest BCUT2D eigenvalue weighted by Crippen LogP contribution is -1.99. The first kappa shape index (κ1) is 15.8. The molecule has 4 rings (SSSR count). The summed E-state index contributed by atoms with van der Waals surface area (Å²) in [6.45, 7) is 0. The van der Waals surface area contributed by atoms with Gasteiger partial charge in [-0.3, -0.25) is 4.98 Å². The Morgan fingerprint density at radius 3 is 2.65 bits per heavy atom. The molecule has 0 aliphatic carbocycles. The number of nitrogens with zero attached hydrogens (tertiary/aromatic N) is 2. The number of pyridine rings is 1. The van der Waals surface area contributed by atoms with Crippen molar-refractivity contribution in [3.63, 3.8) is 0 Å². The van der Waals surface area contributed by atoms with Crippen molar-refractivity contribution in [2.24, 2.45) is 0 Å². The van der Waals surface area contributed by atoms with Gasteiger partial charge in [0.25, 0.3) is 0 Å². The average molecular weight is 344 g/mol. The molecule has 6 nitrogen and oxygen atoms in total. The van der Waals surface area contributed by atoms with Crippen LogP contribution in [0.4, 0.5) is 11.4 Å². The summed E-state index contributed by atoms with van der Waals surface area (Å²) in [6, 6.07) is 13.8. The second kappa shape index (κ2) is 6.30. The molecule has 2 N–H and O–H groups in total. The Bertz CT molecular complexity index is 1160. The maximum atomic E-state index is 9.56. The van der Waals surface area contributed by atoms with Gasteiger partial charge in [0.1, 0.15) is 6.07 Å². The highest BCUT2D eigenvalue weighted by molar-refractivity contribution is 6.01. The maximum Gasteiger partial charge on any atom is 0.162 e. The quantitative estimate of drug-likeness (QED) is 0.575. The number of aromatic amines is 1. The van der Waals surface area contributed by atoms with Crippen LogP contribution in [0.15, 0.2) is 48.8 Å². The molecule has 128 valence electrons. The number of nitrogens with one attached hydrogen (secondary N) is 2. The molecular formula is C20H16N4O2. The van der Waals surface area contributed by atoms with Crippen molar-refractivity contribution < 1.29 is 9.47 Å². The van der Waals surface area contributed by atoms with Gasteiger partial charge in [-0.1, -0.05) is 6.07 Å². The lowest BCUT2D eigenvalue weighted by molar-refractivity contribution is 0.356. The van der Waals surface area contributed by atoms with Crippen molar-refractivity contribution in [3.8, 4) is 17.6 Å². The summed E-state index contributed by atoms with van der Waals surface area (Å²) in [4.78, 5) is 7.58. The normalized spacial score (nSPS) is 10.7. The molecule has 0 saturated heterocycles. The van der Waals surface area contributed by atoms with E-state index in [0.29, 0.717) is 28.3 Å². The van der Waals surface area contributed by atoms with Gasteiger partial charge < -0.3 is 19.8 Å². The molecule has 0 atom stereocenters. The second-order valence-corrected chi connectivity index (χ2v) is 5.75. The van der Waals surface area contributed by atoms with Crippen molar-refractivity contribution in [3.05, 3.63) is 54.4 Å². The Morgan fingerprint density at radius 2 is 1.88 bits per heavy atom. The first-order valence-corrected chi connectivity index (χ1v) is 8.03. The zero-order valence-corrected chi connectivity index (χ0v) is 14.3. The summed E-state index contributed by atoms with van der Waals surface area (Å²) in [5.41, 5.74) is 3.78. The number of nitriles is 1. The zero-order chi connectivity index (χ0) is 18.1. The maximum absolute atomic E-state index is 9.56. The third-order valence-corrected chi connectivity index (χ3v) is 4.35. The Hall–Kier alpha value is -3.72. The minimum atomic E-state index is 0.456. The standard InChI is InChI=1S/C20H16N4O2/c1-25-18-8-14-17(9-19(18)26-2)23-11-12(10-21)20(14)24-16-5-3-4-15-13(16)6-7-22-15/h3-9,11,22H,1-2H3,(H,23,24). The zero-order valence-electron chi connectivity index (χ0n) is 14.3. The molecule has 0 radical (unpaired) electrons. The van der Waals surface area contributed by atoms with Crippen molar-refractivity contribution in [1.82, 2.24) is 9.97 Å². The summed E-state index contributed by atoms with van der Waals surface area (Å²) in [5, 5.41) is 14.8. The number of rotatable bonds is 4. The second-order valence-electron chi connectivity index (χ2n) is 5.75. The molecule has 0 aliphatic heterocycles. The third-order valence-electron chi connectivity index (χ3n) is 4.35. The molecule has 0 amide bonds. The predicted molar refractivity (Wildman–Crippen MR) is 101 cm³/mol. The number of anilines is 2. The predicted octanol–water partition coefficient (Wildman–Crippen LogP) is 4.35. The van der Waals surface area contributed by atoms with Gasteiger partial charge in [0, 0.05) is 40.4 Å². The van der Waals surface area contributed by atoms with Gasteiger partial charge in [0.2, 0.25) is 0 Å². The van der Waals surface area contributed by atoms with E-state index in [1.54, 1.807) is 26.5 Å². The van der Waals surface area contributed by atoms with Crippen LogP contribution in [-0.2, 0) is 0 Å². The Kier molecular flexibility index (Phi) is 3.82. The van der Waals surface area contributed by atoms with E-state index in [-0.39, 0.29) is 0 Å². The van der Waals surface area contributed by atoms with Crippen LogP contribution in [0.1, 0.15) is 5.56 Å². The molecule has 2 heterocycles. The third kappa shape index (κ3) is 2.47. The molecular weight excluding hydrogens is 328 g/mol. The van der Waals surface area contributed by atoms with Crippen LogP contribution < -0.4 is 14.8 Å². The van der Waals surface area contributed by atoms with E-state index in [1.807, 2.05) is 36.5 Å². The van der Waals surface area contributed by atoms with E-state index in [4.69, 9.17) is 9.47 Å². The van der Waals surface area contributed by atoms with Crippen molar-refractivity contribution in [2.45, 2.75) is 0 Å². The molecule has 26 heavy (non-hydrogen) atoms. The number of ether oxygens (including phenoxy) is 2. The molecule has 6 heteroatoms. The fraction of sp³-hybridized carbons (Fsp3) is 0.100. The molecule has 0 spiro atoms. The van der Waals surface area contributed by atoms with Crippen molar-refractivity contribution in [2.75, 3.05) is 19.5 Å². The van der Waals surface area contributed by atoms with Gasteiger partial charge in [-0.15, -0.1) is 0 Å². The molecule has 0 fully saturated rings. The fourth-order valence-corrected chi connectivity index (χ4v) is 3.07. The van der Waals surface area contributed by atoms with Crippen LogP contribution in [0.2, 0.25) is 0 Å². The number of benzene rings is 2.